The first-order valence-corrected chi connectivity index (χ1v) is 10.7. The molecular formula is C22H19Cl2F3N4O. The van der Waals surface area contributed by atoms with Crippen LogP contribution in [0.4, 0.5) is 18.9 Å². The van der Waals surface area contributed by atoms with Crippen LogP contribution < -0.4 is 4.90 Å². The van der Waals surface area contributed by atoms with Crippen LogP contribution in [0.5, 0.6) is 0 Å². The summed E-state index contributed by atoms with van der Waals surface area (Å²) in [5.41, 5.74) is 0.309. The molecule has 168 valence electrons. The Morgan fingerprint density at radius 2 is 1.56 bits per heavy atom. The van der Waals surface area contributed by atoms with Crippen molar-refractivity contribution in [2.75, 3.05) is 31.1 Å². The minimum atomic E-state index is -4.75. The zero-order chi connectivity index (χ0) is 22.9. The van der Waals surface area contributed by atoms with E-state index in [1.165, 1.54) is 0 Å². The van der Waals surface area contributed by atoms with Crippen molar-refractivity contribution >= 4 is 34.8 Å². The van der Waals surface area contributed by atoms with E-state index in [1.54, 1.807) is 47.4 Å². The molecular weight excluding hydrogens is 464 g/mol. The zero-order valence-corrected chi connectivity index (χ0v) is 18.3. The van der Waals surface area contributed by atoms with Crippen molar-refractivity contribution in [2.24, 2.45) is 0 Å². The van der Waals surface area contributed by atoms with Gasteiger partial charge in [0.05, 0.1) is 5.02 Å². The second-order valence-corrected chi connectivity index (χ2v) is 8.19. The molecule has 1 saturated heterocycles. The van der Waals surface area contributed by atoms with E-state index < -0.39 is 29.3 Å². The quantitative estimate of drug-likeness (QED) is 0.511. The highest BCUT2D eigenvalue weighted by Crippen LogP contribution is 2.40. The second-order valence-electron chi connectivity index (χ2n) is 7.38. The monoisotopic (exact) mass is 482 g/mol. The Bertz CT molecular complexity index is 1090. The highest BCUT2D eigenvalue weighted by Gasteiger charge is 2.40. The van der Waals surface area contributed by atoms with E-state index >= 15 is 0 Å². The molecule has 1 aliphatic rings. The van der Waals surface area contributed by atoms with Crippen molar-refractivity contribution in [3.05, 3.63) is 70.3 Å². The van der Waals surface area contributed by atoms with E-state index in [0.717, 1.165) is 5.69 Å². The lowest BCUT2D eigenvalue weighted by atomic mass is 10.1. The molecule has 1 amide bonds. The standard InChI is InChI=1S/C22H19Cl2F3N4O/c23-16-6-8-17(9-7-16)29-10-12-30(13-11-29)18(32)14-31-21(22(25,26)27)19(24)20(28-31)15-4-2-1-3-5-15/h1-9H,10-14H2. The number of carbonyl (C=O) groups excluding carboxylic acids is 1. The molecule has 32 heavy (non-hydrogen) atoms. The molecule has 0 bridgehead atoms. The van der Waals surface area contributed by atoms with Crippen LogP contribution >= 0.6 is 23.2 Å². The number of piperazine rings is 1. The van der Waals surface area contributed by atoms with Gasteiger partial charge in [-0.25, -0.2) is 4.68 Å². The first kappa shape index (κ1) is 22.5. The van der Waals surface area contributed by atoms with Gasteiger partial charge in [-0.1, -0.05) is 53.5 Å². The van der Waals surface area contributed by atoms with Gasteiger partial charge in [0.15, 0.2) is 5.69 Å². The molecule has 4 rings (SSSR count). The molecule has 0 atom stereocenters. The Hall–Kier alpha value is -2.71. The first-order valence-electron chi connectivity index (χ1n) is 9.91. The third kappa shape index (κ3) is 4.71. The number of rotatable bonds is 4. The number of alkyl halides is 3. The summed E-state index contributed by atoms with van der Waals surface area (Å²) in [4.78, 5) is 16.5. The number of hydrogen-bond donors (Lipinski definition) is 0. The predicted octanol–water partition coefficient (Wildman–Crippen LogP) is 5.22. The van der Waals surface area contributed by atoms with Gasteiger partial charge in [-0.15, -0.1) is 0 Å². The molecule has 1 aromatic heterocycles. The molecule has 0 radical (unpaired) electrons. The Labute approximate surface area is 192 Å². The van der Waals surface area contributed by atoms with Gasteiger partial charge in [-0.2, -0.15) is 18.3 Å². The van der Waals surface area contributed by atoms with Crippen LogP contribution in [0.15, 0.2) is 54.6 Å². The van der Waals surface area contributed by atoms with Gasteiger partial charge in [0.1, 0.15) is 12.2 Å². The van der Waals surface area contributed by atoms with E-state index in [2.05, 4.69) is 10.00 Å². The van der Waals surface area contributed by atoms with Crippen LogP contribution in [-0.2, 0) is 17.5 Å². The molecule has 3 aromatic rings. The number of benzene rings is 2. The van der Waals surface area contributed by atoms with Gasteiger partial charge in [0.2, 0.25) is 5.91 Å². The number of halogens is 5. The highest BCUT2D eigenvalue weighted by atomic mass is 35.5. The average molecular weight is 483 g/mol. The summed E-state index contributed by atoms with van der Waals surface area (Å²) < 4.78 is 41.8. The lowest BCUT2D eigenvalue weighted by molar-refractivity contribution is -0.145. The maximum absolute atomic E-state index is 13.7. The molecule has 0 saturated carbocycles. The minimum Gasteiger partial charge on any atom is -0.368 e. The molecule has 2 heterocycles. The Morgan fingerprint density at radius 1 is 0.938 bits per heavy atom. The third-order valence-corrected chi connectivity index (χ3v) is 5.93. The SMILES string of the molecule is O=C(Cn1nc(-c2ccccc2)c(Cl)c1C(F)(F)F)N1CCN(c2ccc(Cl)cc2)CC1. The van der Waals surface area contributed by atoms with Crippen LogP contribution in [0, 0.1) is 0 Å². The van der Waals surface area contributed by atoms with Crippen LogP contribution in [-0.4, -0.2) is 46.8 Å². The molecule has 10 heteroatoms. The van der Waals surface area contributed by atoms with Crippen LogP contribution in [0.3, 0.4) is 0 Å². The third-order valence-electron chi connectivity index (χ3n) is 5.32. The summed E-state index contributed by atoms with van der Waals surface area (Å²) in [7, 11) is 0. The molecule has 0 spiro atoms. The number of amides is 1. The van der Waals surface area contributed by atoms with Gasteiger partial charge < -0.3 is 9.80 Å². The van der Waals surface area contributed by atoms with Crippen molar-refractivity contribution < 1.29 is 18.0 Å². The van der Waals surface area contributed by atoms with Crippen molar-refractivity contribution in [3.63, 3.8) is 0 Å². The molecule has 0 N–H and O–H groups in total. The number of nitrogens with zero attached hydrogens (tertiary/aromatic N) is 4. The van der Waals surface area contributed by atoms with Gasteiger partial charge in [-0.3, -0.25) is 4.79 Å². The number of anilines is 1. The van der Waals surface area contributed by atoms with E-state index in [-0.39, 0.29) is 5.69 Å². The molecule has 2 aromatic carbocycles. The lowest BCUT2D eigenvalue weighted by Crippen LogP contribution is -2.49. The van der Waals surface area contributed by atoms with Crippen LogP contribution in [0.25, 0.3) is 11.3 Å². The summed E-state index contributed by atoms with van der Waals surface area (Å²) in [5.74, 6) is -0.440. The summed E-state index contributed by atoms with van der Waals surface area (Å²) in [6.07, 6.45) is -4.75. The van der Waals surface area contributed by atoms with Crippen LogP contribution in [0.2, 0.25) is 10.0 Å². The largest absolute Gasteiger partial charge is 0.434 e. The van der Waals surface area contributed by atoms with E-state index in [0.29, 0.717) is 41.4 Å². The maximum Gasteiger partial charge on any atom is 0.434 e. The maximum atomic E-state index is 13.7. The smallest absolute Gasteiger partial charge is 0.368 e. The Morgan fingerprint density at radius 3 is 2.16 bits per heavy atom. The van der Waals surface area contributed by atoms with Crippen molar-refractivity contribution in [1.29, 1.82) is 0 Å². The fourth-order valence-electron chi connectivity index (χ4n) is 3.70. The van der Waals surface area contributed by atoms with Gasteiger partial charge in [0, 0.05) is 42.5 Å². The summed E-state index contributed by atoms with van der Waals surface area (Å²) in [6.45, 7) is 1.37. The Balaban J connectivity index is 1.50. The number of carbonyl (C=O) groups is 1. The lowest BCUT2D eigenvalue weighted by Gasteiger charge is -2.36. The fourth-order valence-corrected chi connectivity index (χ4v) is 4.18. The van der Waals surface area contributed by atoms with Gasteiger partial charge in [-0.05, 0) is 24.3 Å². The van der Waals surface area contributed by atoms with Gasteiger partial charge >= 0.3 is 6.18 Å². The molecule has 0 aliphatic carbocycles. The highest BCUT2D eigenvalue weighted by molar-refractivity contribution is 6.33. The van der Waals surface area contributed by atoms with E-state index in [1.807, 2.05) is 12.1 Å². The van der Waals surface area contributed by atoms with Crippen LogP contribution in [0.1, 0.15) is 5.69 Å². The number of hydrogen-bond acceptors (Lipinski definition) is 3. The predicted molar refractivity (Wildman–Crippen MR) is 118 cm³/mol. The van der Waals surface area contributed by atoms with E-state index in [4.69, 9.17) is 23.2 Å². The minimum absolute atomic E-state index is 0.0000469. The molecule has 1 fully saturated rings. The molecule has 5 nitrogen and oxygen atoms in total. The topological polar surface area (TPSA) is 41.4 Å². The normalized spacial score (nSPS) is 14.7. The van der Waals surface area contributed by atoms with Crippen molar-refractivity contribution in [1.82, 2.24) is 14.7 Å². The van der Waals surface area contributed by atoms with E-state index in [9.17, 15) is 18.0 Å². The average Bonchev–Trinajstić information content (AvgIpc) is 3.11. The summed E-state index contributed by atoms with van der Waals surface area (Å²) >= 11 is 12.0. The fraction of sp³-hybridized carbons (Fsp3) is 0.273. The molecule has 0 unspecified atom stereocenters. The van der Waals surface area contributed by atoms with Crippen molar-refractivity contribution in [2.45, 2.75) is 12.7 Å². The second kappa shape index (κ2) is 9.03. The number of aromatic nitrogens is 2. The summed E-state index contributed by atoms with van der Waals surface area (Å²) in [5, 5.41) is 4.17. The van der Waals surface area contributed by atoms with Crippen molar-refractivity contribution in [3.8, 4) is 11.3 Å². The Kier molecular flexibility index (Phi) is 6.35. The summed E-state index contributed by atoms with van der Waals surface area (Å²) in [6, 6.07) is 15.7. The first-order chi connectivity index (χ1) is 15.2. The zero-order valence-electron chi connectivity index (χ0n) is 16.8. The van der Waals surface area contributed by atoms with Gasteiger partial charge in [0.25, 0.3) is 0 Å². The molecule has 1 aliphatic heterocycles.